The van der Waals surface area contributed by atoms with E-state index in [0.717, 1.165) is 12.0 Å². The molecule has 100 valence electrons. The Hall–Kier alpha value is -1.78. The number of esters is 1. The zero-order chi connectivity index (χ0) is 13.4. The molecule has 18 heavy (non-hydrogen) atoms. The Kier molecular flexibility index (Phi) is 5.97. The third kappa shape index (κ3) is 4.61. The van der Waals surface area contributed by atoms with Crippen LogP contribution in [0.2, 0.25) is 0 Å². The Morgan fingerprint density at radius 1 is 1.33 bits per heavy atom. The van der Waals surface area contributed by atoms with Gasteiger partial charge in [0.1, 0.15) is 0 Å². The van der Waals surface area contributed by atoms with Crippen LogP contribution in [0.3, 0.4) is 0 Å². The summed E-state index contributed by atoms with van der Waals surface area (Å²) in [4.78, 5) is 24.3. The predicted molar refractivity (Wildman–Crippen MR) is 67.1 cm³/mol. The molecule has 1 rings (SSSR count). The van der Waals surface area contributed by atoms with Crippen LogP contribution in [0, 0.1) is 0 Å². The molecule has 1 aliphatic heterocycles. The third-order valence-electron chi connectivity index (χ3n) is 2.43. The molecule has 0 atom stereocenters. The lowest BCUT2D eigenvalue weighted by atomic mass is 10.1. The molecule has 0 saturated carbocycles. The van der Waals surface area contributed by atoms with Gasteiger partial charge in [-0.1, -0.05) is 12.2 Å². The number of ether oxygens (including phenoxy) is 2. The molecular formula is C13H19NO4. The lowest BCUT2D eigenvalue weighted by Crippen LogP contribution is -2.36. The molecule has 0 bridgehead atoms. The average Bonchev–Trinajstić information content (AvgIpc) is 2.37. The van der Waals surface area contributed by atoms with Gasteiger partial charge in [0.2, 0.25) is 0 Å². The van der Waals surface area contributed by atoms with Gasteiger partial charge < -0.3 is 14.4 Å². The van der Waals surface area contributed by atoms with E-state index in [2.05, 4.69) is 0 Å². The molecule has 5 heteroatoms. The van der Waals surface area contributed by atoms with Crippen LogP contribution in [0.4, 0.5) is 4.79 Å². The molecular weight excluding hydrogens is 234 g/mol. The van der Waals surface area contributed by atoms with Crippen LogP contribution >= 0.6 is 0 Å². The van der Waals surface area contributed by atoms with Crippen LogP contribution in [0.5, 0.6) is 0 Å². The van der Waals surface area contributed by atoms with Gasteiger partial charge in [0.25, 0.3) is 0 Å². The van der Waals surface area contributed by atoms with Gasteiger partial charge in [0, 0.05) is 19.2 Å². The van der Waals surface area contributed by atoms with E-state index in [9.17, 15) is 9.59 Å². The smallest absolute Gasteiger partial charge is 0.410 e. The predicted octanol–water partition coefficient (Wildman–Crippen LogP) is 1.89. The van der Waals surface area contributed by atoms with Gasteiger partial charge in [-0.2, -0.15) is 0 Å². The first-order valence-electron chi connectivity index (χ1n) is 6.13. The van der Waals surface area contributed by atoms with Crippen molar-refractivity contribution >= 4 is 12.1 Å². The van der Waals surface area contributed by atoms with Gasteiger partial charge in [0.05, 0.1) is 13.2 Å². The number of amides is 1. The highest BCUT2D eigenvalue weighted by atomic mass is 16.6. The highest BCUT2D eigenvalue weighted by Gasteiger charge is 2.17. The maximum Gasteiger partial charge on any atom is 0.410 e. The Morgan fingerprint density at radius 3 is 2.72 bits per heavy atom. The number of hydrogen-bond acceptors (Lipinski definition) is 4. The molecule has 0 radical (unpaired) electrons. The fraction of sp³-hybridized carbons (Fsp3) is 0.538. The Bertz CT molecular complexity index is 360. The molecule has 5 nitrogen and oxygen atoms in total. The second-order valence-electron chi connectivity index (χ2n) is 3.77. The first-order valence-corrected chi connectivity index (χ1v) is 6.13. The van der Waals surface area contributed by atoms with Gasteiger partial charge in [-0.05, 0) is 25.8 Å². The Labute approximate surface area is 107 Å². The van der Waals surface area contributed by atoms with E-state index in [-0.39, 0.29) is 12.1 Å². The highest BCUT2D eigenvalue weighted by Crippen LogP contribution is 2.12. The van der Waals surface area contributed by atoms with Gasteiger partial charge in [-0.3, -0.25) is 0 Å². The summed E-state index contributed by atoms with van der Waals surface area (Å²) in [5, 5.41) is 0. The molecule has 1 heterocycles. The largest absolute Gasteiger partial charge is 0.463 e. The number of rotatable bonds is 4. The highest BCUT2D eigenvalue weighted by molar-refractivity contribution is 5.82. The van der Waals surface area contributed by atoms with Gasteiger partial charge in [0.15, 0.2) is 0 Å². The van der Waals surface area contributed by atoms with E-state index in [0.29, 0.717) is 26.3 Å². The van der Waals surface area contributed by atoms with Crippen LogP contribution in [0.1, 0.15) is 20.3 Å². The number of carbonyl (C=O) groups excluding carboxylic acids is 2. The summed E-state index contributed by atoms with van der Waals surface area (Å²) in [6.07, 6.45) is 5.52. The Balaban J connectivity index is 2.51. The molecule has 1 aliphatic rings. The van der Waals surface area contributed by atoms with E-state index in [4.69, 9.17) is 9.47 Å². The molecule has 0 aromatic heterocycles. The summed E-state index contributed by atoms with van der Waals surface area (Å²) in [5.74, 6) is -0.369. The summed E-state index contributed by atoms with van der Waals surface area (Å²) in [5.41, 5.74) is 0.919. The second-order valence-corrected chi connectivity index (χ2v) is 3.77. The van der Waals surface area contributed by atoms with Crippen molar-refractivity contribution < 1.29 is 19.1 Å². The van der Waals surface area contributed by atoms with Gasteiger partial charge in [-0.25, -0.2) is 9.59 Å². The topological polar surface area (TPSA) is 55.8 Å². The average molecular weight is 253 g/mol. The van der Waals surface area contributed by atoms with Gasteiger partial charge >= 0.3 is 12.1 Å². The minimum atomic E-state index is -0.369. The van der Waals surface area contributed by atoms with Gasteiger partial charge in [-0.15, -0.1) is 0 Å². The third-order valence-corrected chi connectivity index (χ3v) is 2.43. The molecule has 1 amide bonds. The van der Waals surface area contributed by atoms with Crippen molar-refractivity contribution in [3.8, 4) is 0 Å². The van der Waals surface area contributed by atoms with Crippen molar-refractivity contribution in [1.29, 1.82) is 0 Å². The maximum atomic E-state index is 11.5. The quantitative estimate of drug-likeness (QED) is 0.567. The molecule has 0 aliphatic carbocycles. The zero-order valence-corrected chi connectivity index (χ0v) is 10.8. The molecule has 0 unspecified atom stereocenters. The monoisotopic (exact) mass is 253 g/mol. The Morgan fingerprint density at radius 2 is 2.06 bits per heavy atom. The van der Waals surface area contributed by atoms with Crippen molar-refractivity contribution in [3.63, 3.8) is 0 Å². The molecule has 0 spiro atoms. The minimum Gasteiger partial charge on any atom is -0.463 e. The minimum absolute atomic E-state index is 0.312. The van der Waals surface area contributed by atoms with Crippen molar-refractivity contribution in [2.75, 3.05) is 26.3 Å². The van der Waals surface area contributed by atoms with Crippen LogP contribution in [0.15, 0.2) is 23.8 Å². The fourth-order valence-corrected chi connectivity index (χ4v) is 1.63. The van der Waals surface area contributed by atoms with Crippen LogP contribution < -0.4 is 0 Å². The normalized spacial score (nSPS) is 15.4. The molecule has 0 saturated heterocycles. The van der Waals surface area contributed by atoms with Crippen LogP contribution in [-0.2, 0) is 14.3 Å². The summed E-state index contributed by atoms with van der Waals surface area (Å²) in [6, 6.07) is 0. The van der Waals surface area contributed by atoms with Crippen molar-refractivity contribution in [1.82, 2.24) is 4.90 Å². The number of nitrogens with zero attached hydrogens (tertiary/aromatic N) is 1. The van der Waals surface area contributed by atoms with E-state index in [1.807, 2.05) is 6.08 Å². The van der Waals surface area contributed by atoms with Crippen LogP contribution in [-0.4, -0.2) is 43.3 Å². The summed E-state index contributed by atoms with van der Waals surface area (Å²) in [6.45, 7) is 5.38. The SMILES string of the molecule is CCOC(=O)C=CC1=CCCN(C(=O)OCC)C1. The lowest BCUT2D eigenvalue weighted by molar-refractivity contribution is -0.137. The lowest BCUT2D eigenvalue weighted by Gasteiger charge is -2.25. The number of hydrogen-bond donors (Lipinski definition) is 0. The second kappa shape index (κ2) is 7.53. The summed E-state index contributed by atoms with van der Waals surface area (Å²) in [7, 11) is 0. The van der Waals surface area contributed by atoms with Crippen molar-refractivity contribution in [3.05, 3.63) is 23.8 Å². The van der Waals surface area contributed by atoms with Crippen LogP contribution in [0.25, 0.3) is 0 Å². The molecule has 0 N–H and O–H groups in total. The van der Waals surface area contributed by atoms with Crippen molar-refractivity contribution in [2.24, 2.45) is 0 Å². The first-order chi connectivity index (χ1) is 8.67. The number of carbonyl (C=O) groups is 2. The fourth-order valence-electron chi connectivity index (χ4n) is 1.63. The van der Waals surface area contributed by atoms with E-state index >= 15 is 0 Å². The van der Waals surface area contributed by atoms with Crippen molar-refractivity contribution in [2.45, 2.75) is 20.3 Å². The molecule has 0 aromatic rings. The molecule has 0 aromatic carbocycles. The standard InChI is InChI=1S/C13H19NO4/c1-3-17-12(15)8-7-11-6-5-9-14(10-11)13(16)18-4-2/h6-8H,3-5,9-10H2,1-2H3. The zero-order valence-electron chi connectivity index (χ0n) is 10.8. The first kappa shape index (κ1) is 14.3. The summed E-state index contributed by atoms with van der Waals surface area (Å²) >= 11 is 0. The maximum absolute atomic E-state index is 11.5. The summed E-state index contributed by atoms with van der Waals surface area (Å²) < 4.78 is 9.73. The van der Waals surface area contributed by atoms with E-state index in [1.54, 1.807) is 24.8 Å². The van der Waals surface area contributed by atoms with E-state index in [1.165, 1.54) is 6.08 Å². The van der Waals surface area contributed by atoms with E-state index < -0.39 is 0 Å². The molecule has 0 fully saturated rings.